The summed E-state index contributed by atoms with van der Waals surface area (Å²) in [4.78, 5) is 0. The molecule has 19 heavy (non-hydrogen) atoms. The van der Waals surface area contributed by atoms with Crippen LogP contribution < -0.4 is 0 Å². The summed E-state index contributed by atoms with van der Waals surface area (Å²) in [6.45, 7) is 6.58. The Morgan fingerprint density at radius 3 is 2.95 bits per heavy atom. The van der Waals surface area contributed by atoms with Crippen molar-refractivity contribution in [3.8, 4) is 0 Å². The van der Waals surface area contributed by atoms with E-state index in [1.54, 1.807) is 6.82 Å². The maximum atomic E-state index is 9.71. The molecule has 1 heterocycles. The van der Waals surface area contributed by atoms with Crippen molar-refractivity contribution in [3.05, 3.63) is 12.2 Å². The van der Waals surface area contributed by atoms with Crippen LogP contribution >= 0.6 is 6.85 Å². The molecule has 108 valence electrons. The molecule has 0 aromatic heterocycles. The Kier molecular flexibility index (Phi) is 9.04. The van der Waals surface area contributed by atoms with Crippen LogP contribution in [-0.2, 0) is 21.2 Å². The Morgan fingerprint density at radius 2 is 2.26 bits per heavy atom. The molecule has 0 amide bonds. The van der Waals surface area contributed by atoms with Gasteiger partial charge in [0.1, 0.15) is 0 Å². The molecular weight excluding hydrogens is 282 g/mol. The third-order valence-electron chi connectivity index (χ3n) is 3.10. The third kappa shape index (κ3) is 7.50. The number of aliphatic hydroxyl groups is 2. The molecule has 4 nitrogen and oxygen atoms in total. The third-order valence-corrected chi connectivity index (χ3v) is 3.66. The molecule has 1 aliphatic rings. The minimum atomic E-state index is -0.507. The van der Waals surface area contributed by atoms with Crippen molar-refractivity contribution < 1.29 is 19.6 Å². The van der Waals surface area contributed by atoms with Gasteiger partial charge in [-0.25, -0.2) is 0 Å². The number of ether oxygens (including phenoxy) is 1. The maximum absolute atomic E-state index is 9.71. The van der Waals surface area contributed by atoms with Crippen molar-refractivity contribution >= 4 is 25.5 Å². The fourth-order valence-electron chi connectivity index (χ4n) is 2.27. The predicted octanol–water partition coefficient (Wildman–Crippen LogP) is 1.30. The molecule has 0 radical (unpaired) electrons. The van der Waals surface area contributed by atoms with E-state index in [1.165, 1.54) is 0 Å². The van der Waals surface area contributed by atoms with Crippen LogP contribution in [0.15, 0.2) is 12.2 Å². The standard InChI is InChI=1S/C12H22BO4PS/c1-9-6-11(3-5-16-13-18-19)17-12(7-9)8-10(15)2-4-14/h10-12,14-15,18H,1-8H2/t10-,11-,12+/m0/s1. The topological polar surface area (TPSA) is 58.9 Å². The summed E-state index contributed by atoms with van der Waals surface area (Å²) in [5.41, 5.74) is 1.16. The van der Waals surface area contributed by atoms with Crippen molar-refractivity contribution in [3.63, 3.8) is 0 Å². The molecule has 2 N–H and O–H groups in total. The number of hydrogen-bond acceptors (Lipinski definition) is 5. The van der Waals surface area contributed by atoms with E-state index in [1.807, 2.05) is 0 Å². The zero-order chi connectivity index (χ0) is 14.1. The number of rotatable bonds is 8. The first-order chi connectivity index (χ1) is 9.15. The van der Waals surface area contributed by atoms with E-state index in [-0.39, 0.29) is 25.7 Å². The van der Waals surface area contributed by atoms with Crippen LogP contribution in [0.25, 0.3) is 0 Å². The van der Waals surface area contributed by atoms with Gasteiger partial charge in [0, 0.05) is 0 Å². The molecule has 0 aromatic carbocycles. The van der Waals surface area contributed by atoms with E-state index in [0.29, 0.717) is 19.4 Å². The SMILES string of the molecule is C=C1C[C@H](C[C@@H](O)CCO)O[C@@H](CCOB=[PH]=S)C1. The molecule has 1 aliphatic heterocycles. The van der Waals surface area contributed by atoms with Crippen molar-refractivity contribution in [1.82, 2.24) is 0 Å². The van der Waals surface area contributed by atoms with E-state index in [2.05, 4.69) is 6.58 Å². The Hall–Kier alpha value is 0.165. The summed E-state index contributed by atoms with van der Waals surface area (Å²) >= 11 is 4.79. The van der Waals surface area contributed by atoms with Crippen molar-refractivity contribution in [2.75, 3.05) is 13.2 Å². The second-order valence-corrected chi connectivity index (χ2v) is 6.01. The van der Waals surface area contributed by atoms with Gasteiger partial charge in [0.05, 0.1) is 0 Å². The summed E-state index contributed by atoms with van der Waals surface area (Å²) in [6.07, 6.45) is 3.00. The molecule has 0 bridgehead atoms. The summed E-state index contributed by atoms with van der Waals surface area (Å²) in [7, 11) is 0. The molecule has 0 aliphatic carbocycles. The first-order valence-electron chi connectivity index (χ1n) is 6.57. The van der Waals surface area contributed by atoms with E-state index in [4.69, 9.17) is 26.3 Å². The van der Waals surface area contributed by atoms with Crippen LogP contribution in [0.2, 0.25) is 0 Å². The second-order valence-electron chi connectivity index (χ2n) is 4.84. The van der Waals surface area contributed by atoms with Gasteiger partial charge in [-0.3, -0.25) is 0 Å². The van der Waals surface area contributed by atoms with Crippen LogP contribution in [0.4, 0.5) is 0 Å². The molecular formula is C12H22BO4PS. The summed E-state index contributed by atoms with van der Waals surface area (Å²) in [5, 5.41) is 18.5. The van der Waals surface area contributed by atoms with Crippen molar-refractivity contribution in [2.24, 2.45) is 0 Å². The van der Waals surface area contributed by atoms with E-state index >= 15 is 0 Å². The molecule has 1 unspecified atom stereocenters. The molecule has 1 saturated heterocycles. The second kappa shape index (κ2) is 9.97. The monoisotopic (exact) mass is 304 g/mol. The van der Waals surface area contributed by atoms with Gasteiger partial charge in [-0.15, -0.1) is 0 Å². The zero-order valence-corrected chi connectivity index (χ0v) is 12.9. The average Bonchev–Trinajstić information content (AvgIpc) is 2.34. The molecule has 0 spiro atoms. The fraction of sp³-hybridized carbons (Fsp3) is 0.833. The van der Waals surface area contributed by atoms with Crippen LogP contribution in [0.3, 0.4) is 0 Å². The molecule has 1 fully saturated rings. The van der Waals surface area contributed by atoms with E-state index in [9.17, 15) is 5.11 Å². The molecule has 4 atom stereocenters. The summed E-state index contributed by atoms with van der Waals surface area (Å²) in [6, 6.07) is 0. The number of hydrogen-bond donors (Lipinski definition) is 2. The minimum absolute atomic E-state index is 0.00222. The first-order valence-corrected chi connectivity index (χ1v) is 8.78. The Balaban J connectivity index is 2.34. The number of aliphatic hydroxyl groups excluding tert-OH is 2. The van der Waals surface area contributed by atoms with Gasteiger partial charge in [-0.1, -0.05) is 0 Å². The molecule has 1 rings (SSSR count). The normalized spacial score (nSPS) is 25.3. The fourth-order valence-corrected chi connectivity index (χ4v) is 2.66. The van der Waals surface area contributed by atoms with E-state index < -0.39 is 6.10 Å². The van der Waals surface area contributed by atoms with Gasteiger partial charge < -0.3 is 0 Å². The Morgan fingerprint density at radius 1 is 1.53 bits per heavy atom. The van der Waals surface area contributed by atoms with Gasteiger partial charge in [-0.2, -0.15) is 0 Å². The summed E-state index contributed by atoms with van der Waals surface area (Å²) in [5.74, 6) is 0. The Labute approximate surface area is 121 Å². The molecule has 7 heteroatoms. The van der Waals surface area contributed by atoms with Crippen molar-refractivity contribution in [2.45, 2.75) is 50.4 Å². The van der Waals surface area contributed by atoms with Gasteiger partial charge in [0.25, 0.3) is 0 Å². The zero-order valence-electron chi connectivity index (χ0n) is 11.1. The Bertz CT molecular complexity index is 336. The average molecular weight is 304 g/mol. The van der Waals surface area contributed by atoms with Crippen LogP contribution in [0.5, 0.6) is 0 Å². The summed E-state index contributed by atoms with van der Waals surface area (Å²) < 4.78 is 11.2. The van der Waals surface area contributed by atoms with Crippen LogP contribution in [0.1, 0.15) is 32.1 Å². The van der Waals surface area contributed by atoms with Crippen molar-refractivity contribution in [1.29, 1.82) is 0 Å². The van der Waals surface area contributed by atoms with Gasteiger partial charge >= 0.3 is 121 Å². The first kappa shape index (κ1) is 17.2. The molecule has 0 aromatic rings. The molecule has 0 saturated carbocycles. The van der Waals surface area contributed by atoms with Gasteiger partial charge in [0.15, 0.2) is 0 Å². The van der Waals surface area contributed by atoms with Crippen LogP contribution in [0, 0.1) is 0 Å². The van der Waals surface area contributed by atoms with E-state index in [0.717, 1.165) is 24.8 Å². The van der Waals surface area contributed by atoms with Crippen LogP contribution in [-0.4, -0.2) is 48.6 Å². The quantitative estimate of drug-likeness (QED) is 0.306. The van der Waals surface area contributed by atoms with Gasteiger partial charge in [-0.05, 0) is 0 Å². The predicted molar refractivity (Wildman–Crippen MR) is 81.4 cm³/mol. The van der Waals surface area contributed by atoms with Gasteiger partial charge in [0.2, 0.25) is 0 Å².